The highest BCUT2D eigenvalue weighted by Gasteiger charge is 2.40. The number of alkyl halides is 3. The van der Waals surface area contributed by atoms with E-state index >= 15 is 0 Å². The molecular formula is C16H23F3N4O. The van der Waals surface area contributed by atoms with E-state index in [9.17, 15) is 18.0 Å². The van der Waals surface area contributed by atoms with E-state index in [-0.39, 0.29) is 24.1 Å². The van der Waals surface area contributed by atoms with Crippen LogP contribution in [0.25, 0.3) is 0 Å². The van der Waals surface area contributed by atoms with Gasteiger partial charge in [-0.25, -0.2) is 0 Å². The molecule has 0 bridgehead atoms. The highest BCUT2D eigenvalue weighted by molar-refractivity contribution is 5.75. The lowest BCUT2D eigenvalue weighted by atomic mass is 10.2. The standard InChI is InChI=1S/C16H23F3N4O/c1-11(22-7-2-3-8-22)9-20-14(24)10-23-13-6-4-5-12(13)15(21-23)16(17,18)19/h11H,2-10H2,1H3,(H,20,24)/t11-/m1/s1. The molecule has 3 rings (SSSR count). The van der Waals surface area contributed by atoms with Crippen molar-refractivity contribution >= 4 is 5.91 Å². The van der Waals surface area contributed by atoms with Crippen LogP contribution < -0.4 is 5.32 Å². The molecule has 0 spiro atoms. The second-order valence-corrected chi connectivity index (χ2v) is 6.68. The maximum Gasteiger partial charge on any atom is 0.435 e. The summed E-state index contributed by atoms with van der Waals surface area (Å²) in [4.78, 5) is 14.4. The lowest BCUT2D eigenvalue weighted by Crippen LogP contribution is -2.41. The number of amides is 1. The molecule has 1 amide bonds. The van der Waals surface area contributed by atoms with Gasteiger partial charge in [0.2, 0.25) is 5.91 Å². The van der Waals surface area contributed by atoms with Crippen LogP contribution in [-0.4, -0.2) is 46.3 Å². The monoisotopic (exact) mass is 344 g/mol. The third-order valence-corrected chi connectivity index (χ3v) is 4.93. The van der Waals surface area contributed by atoms with Gasteiger partial charge in [-0.05, 0) is 52.1 Å². The van der Waals surface area contributed by atoms with Gasteiger partial charge in [-0.3, -0.25) is 14.4 Å². The van der Waals surface area contributed by atoms with Crippen LogP contribution >= 0.6 is 0 Å². The van der Waals surface area contributed by atoms with Gasteiger partial charge >= 0.3 is 6.18 Å². The van der Waals surface area contributed by atoms with E-state index in [0.29, 0.717) is 31.5 Å². The number of fused-ring (bicyclic) bond motifs is 1. The minimum Gasteiger partial charge on any atom is -0.353 e. The van der Waals surface area contributed by atoms with Crippen molar-refractivity contribution in [1.29, 1.82) is 0 Å². The van der Waals surface area contributed by atoms with Gasteiger partial charge < -0.3 is 5.32 Å². The Morgan fingerprint density at radius 3 is 2.62 bits per heavy atom. The zero-order valence-electron chi connectivity index (χ0n) is 13.8. The first kappa shape index (κ1) is 17.3. The predicted molar refractivity (Wildman–Crippen MR) is 82.5 cm³/mol. The summed E-state index contributed by atoms with van der Waals surface area (Å²) in [5.41, 5.74) is -0.000893. The van der Waals surface area contributed by atoms with Crippen molar-refractivity contribution in [1.82, 2.24) is 20.0 Å². The van der Waals surface area contributed by atoms with E-state index in [0.717, 1.165) is 13.1 Å². The highest BCUT2D eigenvalue weighted by Crippen LogP contribution is 2.36. The van der Waals surface area contributed by atoms with Gasteiger partial charge in [0.05, 0.1) is 0 Å². The molecule has 1 atom stereocenters. The number of nitrogens with one attached hydrogen (secondary N) is 1. The van der Waals surface area contributed by atoms with Crippen LogP contribution in [0, 0.1) is 0 Å². The molecule has 1 aliphatic carbocycles. The summed E-state index contributed by atoms with van der Waals surface area (Å²) in [6.07, 6.45) is -0.478. The van der Waals surface area contributed by atoms with E-state index in [2.05, 4.69) is 22.2 Å². The molecule has 1 saturated heterocycles. The largest absolute Gasteiger partial charge is 0.435 e. The van der Waals surface area contributed by atoms with Crippen LogP contribution in [0.2, 0.25) is 0 Å². The summed E-state index contributed by atoms with van der Waals surface area (Å²) in [5, 5.41) is 6.49. The Hall–Kier alpha value is -1.57. The fraction of sp³-hybridized carbons (Fsp3) is 0.750. The Kier molecular flexibility index (Phi) is 4.85. The molecule has 5 nitrogen and oxygen atoms in total. The molecule has 0 saturated carbocycles. The fourth-order valence-electron chi connectivity index (χ4n) is 3.63. The van der Waals surface area contributed by atoms with E-state index in [1.807, 2.05) is 0 Å². The van der Waals surface area contributed by atoms with Crippen molar-refractivity contribution in [3.05, 3.63) is 17.0 Å². The van der Waals surface area contributed by atoms with Crippen LogP contribution in [0.4, 0.5) is 13.2 Å². The zero-order valence-corrected chi connectivity index (χ0v) is 13.8. The summed E-state index contributed by atoms with van der Waals surface area (Å²) in [6, 6.07) is 0.241. The van der Waals surface area contributed by atoms with Gasteiger partial charge in [0, 0.05) is 23.8 Å². The summed E-state index contributed by atoms with van der Waals surface area (Å²) in [5.74, 6) is -0.285. The van der Waals surface area contributed by atoms with Crippen LogP contribution in [0.1, 0.15) is 43.1 Å². The van der Waals surface area contributed by atoms with Crippen molar-refractivity contribution in [3.63, 3.8) is 0 Å². The first-order chi connectivity index (χ1) is 11.4. The van der Waals surface area contributed by atoms with Crippen molar-refractivity contribution in [2.45, 2.75) is 57.8 Å². The Balaban J connectivity index is 1.60. The van der Waals surface area contributed by atoms with Gasteiger partial charge in [-0.1, -0.05) is 0 Å². The molecule has 8 heteroatoms. The van der Waals surface area contributed by atoms with Crippen LogP contribution in [0.3, 0.4) is 0 Å². The second-order valence-electron chi connectivity index (χ2n) is 6.68. The quantitative estimate of drug-likeness (QED) is 0.889. The number of hydrogen-bond acceptors (Lipinski definition) is 3. The minimum absolute atomic E-state index is 0.148. The Morgan fingerprint density at radius 2 is 1.96 bits per heavy atom. The van der Waals surface area contributed by atoms with Crippen LogP contribution in [-0.2, 0) is 30.4 Å². The molecule has 0 radical (unpaired) electrons. The highest BCUT2D eigenvalue weighted by atomic mass is 19.4. The van der Waals surface area contributed by atoms with E-state index < -0.39 is 11.9 Å². The molecule has 2 heterocycles. The van der Waals surface area contributed by atoms with Crippen molar-refractivity contribution in [2.24, 2.45) is 0 Å². The number of nitrogens with zero attached hydrogens (tertiary/aromatic N) is 3. The number of likely N-dealkylation sites (tertiary alicyclic amines) is 1. The number of carbonyl (C=O) groups is 1. The molecule has 1 N–H and O–H groups in total. The Bertz CT molecular complexity index is 605. The van der Waals surface area contributed by atoms with E-state index in [1.54, 1.807) is 0 Å². The molecular weight excluding hydrogens is 321 g/mol. The fourth-order valence-corrected chi connectivity index (χ4v) is 3.63. The molecule has 1 fully saturated rings. The number of hydrogen-bond donors (Lipinski definition) is 1. The third kappa shape index (κ3) is 3.58. The van der Waals surface area contributed by atoms with Crippen LogP contribution in [0.5, 0.6) is 0 Å². The summed E-state index contributed by atoms with van der Waals surface area (Å²) in [7, 11) is 0. The molecule has 1 aromatic rings. The molecule has 2 aliphatic rings. The molecule has 24 heavy (non-hydrogen) atoms. The summed E-state index contributed by atoms with van der Waals surface area (Å²) in [6.45, 7) is 4.50. The smallest absolute Gasteiger partial charge is 0.353 e. The maximum atomic E-state index is 13.0. The SMILES string of the molecule is C[C@H](CNC(=O)Cn1nc(C(F)(F)F)c2c1CCC2)N1CCCC1. The molecule has 0 unspecified atom stereocenters. The summed E-state index contributed by atoms with van der Waals surface area (Å²) < 4.78 is 40.4. The predicted octanol–water partition coefficient (Wildman–Crippen LogP) is 1.99. The molecule has 134 valence electrons. The minimum atomic E-state index is -4.46. The van der Waals surface area contributed by atoms with Crippen molar-refractivity contribution in [3.8, 4) is 0 Å². The van der Waals surface area contributed by atoms with Gasteiger partial charge in [0.15, 0.2) is 5.69 Å². The average Bonchev–Trinajstić information content (AvgIpc) is 3.22. The molecule has 1 aromatic heterocycles. The lowest BCUT2D eigenvalue weighted by Gasteiger charge is -2.23. The average molecular weight is 344 g/mol. The molecule has 0 aromatic carbocycles. The number of halogens is 3. The summed E-state index contributed by atoms with van der Waals surface area (Å²) >= 11 is 0. The second kappa shape index (κ2) is 6.74. The Labute approximate surface area is 139 Å². The molecule has 1 aliphatic heterocycles. The third-order valence-electron chi connectivity index (χ3n) is 4.93. The van der Waals surface area contributed by atoms with Gasteiger partial charge in [0.1, 0.15) is 6.54 Å². The number of rotatable bonds is 5. The van der Waals surface area contributed by atoms with Crippen molar-refractivity contribution in [2.75, 3.05) is 19.6 Å². The van der Waals surface area contributed by atoms with Crippen LogP contribution in [0.15, 0.2) is 0 Å². The normalized spacial score (nSPS) is 19.5. The maximum absolute atomic E-state index is 13.0. The van der Waals surface area contributed by atoms with Gasteiger partial charge in [0.25, 0.3) is 0 Å². The van der Waals surface area contributed by atoms with Crippen molar-refractivity contribution < 1.29 is 18.0 Å². The number of carbonyl (C=O) groups excluding carboxylic acids is 1. The topological polar surface area (TPSA) is 50.2 Å². The first-order valence-corrected chi connectivity index (χ1v) is 8.52. The van der Waals surface area contributed by atoms with Gasteiger partial charge in [-0.2, -0.15) is 18.3 Å². The number of aromatic nitrogens is 2. The van der Waals surface area contributed by atoms with E-state index in [1.165, 1.54) is 17.5 Å². The lowest BCUT2D eigenvalue weighted by molar-refractivity contribution is -0.142. The Morgan fingerprint density at radius 1 is 1.25 bits per heavy atom. The van der Waals surface area contributed by atoms with Gasteiger partial charge in [-0.15, -0.1) is 0 Å². The first-order valence-electron chi connectivity index (χ1n) is 8.52. The zero-order chi connectivity index (χ0) is 17.3. The van der Waals surface area contributed by atoms with E-state index in [4.69, 9.17) is 0 Å².